The number of thiophene rings is 1. The van der Waals surface area contributed by atoms with Crippen LogP contribution in [0.25, 0.3) is 0 Å². The topological polar surface area (TPSA) is 47.6 Å². The SMILES string of the molecule is CC1(C)OCC(CNC(=O)c2cc(Br)sc2Br)O1. The van der Waals surface area contributed by atoms with Gasteiger partial charge in [0.2, 0.25) is 0 Å². The van der Waals surface area contributed by atoms with Crippen LogP contribution in [-0.4, -0.2) is 30.9 Å². The van der Waals surface area contributed by atoms with Crippen LogP contribution in [0.2, 0.25) is 0 Å². The molecule has 100 valence electrons. The maximum Gasteiger partial charge on any atom is 0.253 e. The number of ether oxygens (including phenoxy) is 2. The van der Waals surface area contributed by atoms with Crippen molar-refractivity contribution < 1.29 is 14.3 Å². The summed E-state index contributed by atoms with van der Waals surface area (Å²) in [7, 11) is 0. The number of amides is 1. The lowest BCUT2D eigenvalue weighted by molar-refractivity contribution is -0.137. The van der Waals surface area contributed by atoms with Crippen LogP contribution in [-0.2, 0) is 9.47 Å². The van der Waals surface area contributed by atoms with E-state index in [1.165, 1.54) is 11.3 Å². The Bertz CT molecular complexity index is 461. The number of hydrogen-bond donors (Lipinski definition) is 1. The molecule has 1 N–H and O–H groups in total. The molecule has 0 aliphatic carbocycles. The predicted molar refractivity (Wildman–Crippen MR) is 77.0 cm³/mol. The second-order valence-electron chi connectivity index (χ2n) is 4.40. The van der Waals surface area contributed by atoms with Gasteiger partial charge in [-0.25, -0.2) is 0 Å². The first-order valence-electron chi connectivity index (χ1n) is 5.42. The molecule has 1 aliphatic rings. The highest BCUT2D eigenvalue weighted by Crippen LogP contribution is 2.31. The minimum atomic E-state index is -0.554. The van der Waals surface area contributed by atoms with Gasteiger partial charge < -0.3 is 14.8 Å². The van der Waals surface area contributed by atoms with Gasteiger partial charge in [-0.05, 0) is 51.8 Å². The zero-order chi connectivity index (χ0) is 13.3. The minimum absolute atomic E-state index is 0.0928. The van der Waals surface area contributed by atoms with Crippen LogP contribution >= 0.6 is 43.2 Å². The molecule has 1 unspecified atom stereocenters. The Hall–Kier alpha value is 0.0500. The van der Waals surface area contributed by atoms with Gasteiger partial charge in [-0.2, -0.15) is 0 Å². The first-order chi connectivity index (χ1) is 8.37. The molecule has 1 aromatic heterocycles. The molecule has 0 spiro atoms. The standard InChI is InChI=1S/C11H13Br2NO3S/c1-11(2)16-5-6(17-11)4-14-10(15)7-3-8(12)18-9(7)13/h3,6H,4-5H2,1-2H3,(H,14,15). The van der Waals surface area contributed by atoms with Crippen molar-refractivity contribution in [2.45, 2.75) is 25.7 Å². The van der Waals surface area contributed by atoms with E-state index in [0.29, 0.717) is 18.7 Å². The zero-order valence-electron chi connectivity index (χ0n) is 9.96. The summed E-state index contributed by atoms with van der Waals surface area (Å²) in [4.78, 5) is 11.9. The fraction of sp³-hybridized carbons (Fsp3) is 0.545. The first-order valence-corrected chi connectivity index (χ1v) is 7.82. The van der Waals surface area contributed by atoms with Crippen molar-refractivity contribution >= 4 is 49.1 Å². The van der Waals surface area contributed by atoms with E-state index in [9.17, 15) is 4.79 Å². The number of halogens is 2. The van der Waals surface area contributed by atoms with Gasteiger partial charge in [0.1, 0.15) is 6.10 Å². The average Bonchev–Trinajstić information content (AvgIpc) is 2.78. The number of carbonyl (C=O) groups is 1. The number of hydrogen-bond acceptors (Lipinski definition) is 4. The van der Waals surface area contributed by atoms with Crippen LogP contribution in [0.3, 0.4) is 0 Å². The highest BCUT2D eigenvalue weighted by molar-refractivity contribution is 9.12. The molecule has 1 amide bonds. The third-order valence-corrected chi connectivity index (χ3v) is 4.80. The number of nitrogens with one attached hydrogen (secondary N) is 1. The van der Waals surface area contributed by atoms with Crippen molar-refractivity contribution in [1.82, 2.24) is 5.32 Å². The Balaban J connectivity index is 1.88. The normalized spacial score (nSPS) is 22.1. The van der Waals surface area contributed by atoms with Gasteiger partial charge in [0.25, 0.3) is 5.91 Å². The van der Waals surface area contributed by atoms with Crippen molar-refractivity contribution in [3.8, 4) is 0 Å². The fourth-order valence-electron chi connectivity index (χ4n) is 1.66. The number of rotatable bonds is 3. The molecule has 18 heavy (non-hydrogen) atoms. The fourth-order valence-corrected chi connectivity index (χ4v) is 4.45. The van der Waals surface area contributed by atoms with E-state index in [-0.39, 0.29) is 12.0 Å². The summed E-state index contributed by atoms with van der Waals surface area (Å²) in [5.41, 5.74) is 0.630. The molecule has 4 nitrogen and oxygen atoms in total. The van der Waals surface area contributed by atoms with Gasteiger partial charge in [0.05, 0.1) is 19.7 Å². The maximum atomic E-state index is 11.9. The monoisotopic (exact) mass is 397 g/mol. The van der Waals surface area contributed by atoms with Crippen LogP contribution < -0.4 is 5.32 Å². The lowest BCUT2D eigenvalue weighted by atomic mass is 10.3. The van der Waals surface area contributed by atoms with Crippen LogP contribution in [0.4, 0.5) is 0 Å². The molecule has 1 fully saturated rings. The molecule has 2 rings (SSSR count). The highest BCUT2D eigenvalue weighted by Gasteiger charge is 2.32. The van der Waals surface area contributed by atoms with E-state index in [2.05, 4.69) is 37.2 Å². The quantitative estimate of drug-likeness (QED) is 0.850. The van der Waals surface area contributed by atoms with Gasteiger partial charge in [-0.15, -0.1) is 11.3 Å². The molecule has 0 aromatic carbocycles. The zero-order valence-corrected chi connectivity index (χ0v) is 13.9. The second kappa shape index (κ2) is 5.58. The summed E-state index contributed by atoms with van der Waals surface area (Å²) in [6.07, 6.45) is -0.0928. The largest absolute Gasteiger partial charge is 0.349 e. The predicted octanol–water partition coefficient (Wildman–Crippen LogP) is 3.15. The number of carbonyl (C=O) groups excluding carboxylic acids is 1. The van der Waals surface area contributed by atoms with Gasteiger partial charge in [0.15, 0.2) is 5.79 Å². The van der Waals surface area contributed by atoms with Gasteiger partial charge in [-0.3, -0.25) is 4.79 Å². The minimum Gasteiger partial charge on any atom is -0.349 e. The summed E-state index contributed by atoms with van der Waals surface area (Å²) in [6, 6.07) is 1.79. The summed E-state index contributed by atoms with van der Waals surface area (Å²) >= 11 is 8.18. The van der Waals surface area contributed by atoms with Crippen LogP contribution in [0.15, 0.2) is 13.6 Å². The van der Waals surface area contributed by atoms with E-state index in [4.69, 9.17) is 9.47 Å². The van der Waals surface area contributed by atoms with E-state index in [1.807, 2.05) is 13.8 Å². The molecule has 0 saturated carbocycles. The third-order valence-electron chi connectivity index (χ3n) is 2.46. The Morgan fingerprint density at radius 1 is 1.61 bits per heavy atom. The molecule has 1 aliphatic heterocycles. The lowest BCUT2D eigenvalue weighted by Gasteiger charge is -2.17. The highest BCUT2D eigenvalue weighted by atomic mass is 79.9. The van der Waals surface area contributed by atoms with E-state index in [1.54, 1.807) is 6.07 Å². The maximum absolute atomic E-state index is 11.9. The summed E-state index contributed by atoms with van der Waals surface area (Å²) in [5.74, 6) is -0.668. The summed E-state index contributed by atoms with van der Waals surface area (Å²) in [5, 5.41) is 2.84. The van der Waals surface area contributed by atoms with Crippen molar-refractivity contribution in [2.24, 2.45) is 0 Å². The summed E-state index contributed by atoms with van der Waals surface area (Å²) < 4.78 is 12.8. The average molecular weight is 399 g/mol. The van der Waals surface area contributed by atoms with E-state index >= 15 is 0 Å². The van der Waals surface area contributed by atoms with E-state index in [0.717, 1.165) is 7.57 Å². The van der Waals surface area contributed by atoms with Crippen molar-refractivity contribution in [2.75, 3.05) is 13.2 Å². The van der Waals surface area contributed by atoms with Gasteiger partial charge in [0, 0.05) is 6.54 Å². The van der Waals surface area contributed by atoms with Crippen LogP contribution in [0.5, 0.6) is 0 Å². The Morgan fingerprint density at radius 3 is 2.83 bits per heavy atom. The molecule has 1 aromatic rings. The molecular formula is C11H13Br2NO3S. The van der Waals surface area contributed by atoms with Gasteiger partial charge >= 0.3 is 0 Å². The molecule has 0 radical (unpaired) electrons. The molecule has 1 saturated heterocycles. The van der Waals surface area contributed by atoms with Crippen molar-refractivity contribution in [1.29, 1.82) is 0 Å². The van der Waals surface area contributed by atoms with Crippen molar-refractivity contribution in [3.63, 3.8) is 0 Å². The van der Waals surface area contributed by atoms with Crippen LogP contribution in [0, 0.1) is 0 Å². The molecular weight excluding hydrogens is 386 g/mol. The molecule has 2 heterocycles. The smallest absolute Gasteiger partial charge is 0.253 e. The second-order valence-corrected chi connectivity index (χ2v) is 8.15. The van der Waals surface area contributed by atoms with Crippen LogP contribution in [0.1, 0.15) is 24.2 Å². The Kier molecular flexibility index (Phi) is 4.48. The van der Waals surface area contributed by atoms with Crippen molar-refractivity contribution in [3.05, 3.63) is 19.2 Å². The Morgan fingerprint density at radius 2 is 2.33 bits per heavy atom. The Labute approximate surface area is 126 Å². The lowest BCUT2D eigenvalue weighted by Crippen LogP contribution is -2.34. The first kappa shape index (κ1) is 14.5. The van der Waals surface area contributed by atoms with Gasteiger partial charge in [-0.1, -0.05) is 0 Å². The molecule has 1 atom stereocenters. The molecule has 0 bridgehead atoms. The molecule has 7 heteroatoms. The third kappa shape index (κ3) is 3.54. The van der Waals surface area contributed by atoms with E-state index < -0.39 is 5.79 Å². The summed E-state index contributed by atoms with van der Waals surface area (Å²) in [6.45, 7) is 4.67.